The molecule has 2 N–H and O–H groups in total. The molecule has 0 saturated heterocycles. The number of hydrogen-bond acceptors (Lipinski definition) is 4. The van der Waals surface area contributed by atoms with Gasteiger partial charge in [-0.25, -0.2) is 0 Å². The van der Waals surface area contributed by atoms with Crippen molar-refractivity contribution in [3.8, 4) is 5.88 Å². The smallest absolute Gasteiger partial charge is 0.307 e. The fourth-order valence-corrected chi connectivity index (χ4v) is 3.84. The van der Waals surface area contributed by atoms with E-state index >= 15 is 0 Å². The molecule has 0 saturated carbocycles. The van der Waals surface area contributed by atoms with Crippen molar-refractivity contribution in [3.05, 3.63) is 78.0 Å². The Kier molecular flexibility index (Phi) is 4.03. The number of thiazole rings is 1. The maximum absolute atomic E-state index is 11.7. The van der Waals surface area contributed by atoms with Crippen molar-refractivity contribution in [2.45, 2.75) is 6.42 Å². The highest BCUT2D eigenvalue weighted by Crippen LogP contribution is 2.27. The Morgan fingerprint density at radius 2 is 2.00 bits per heavy atom. The number of aliphatic imine (C=N–C) groups is 1. The van der Waals surface area contributed by atoms with Crippen LogP contribution in [0.15, 0.2) is 52.3 Å². The zero-order valence-corrected chi connectivity index (χ0v) is 14.6. The minimum atomic E-state index is -0.283. The monoisotopic (exact) mass is 368 g/mol. The summed E-state index contributed by atoms with van der Waals surface area (Å²) in [6.45, 7) is 0. The maximum atomic E-state index is 11.7. The Hall–Kier alpha value is -2.63. The third-order valence-electron chi connectivity index (χ3n) is 4.06. The molecule has 1 aromatic heterocycles. The van der Waals surface area contributed by atoms with E-state index in [9.17, 15) is 9.90 Å². The normalized spacial score (nSPS) is 13.5. The number of H-pyrrole nitrogens is 1. The molecule has 0 amide bonds. The molecule has 2 aromatic carbocycles. The predicted octanol–water partition coefficient (Wildman–Crippen LogP) is 2.73. The molecule has 25 heavy (non-hydrogen) atoms. The van der Waals surface area contributed by atoms with E-state index in [4.69, 9.17) is 11.6 Å². The molecule has 0 spiro atoms. The average Bonchev–Trinajstić information content (AvgIpc) is 3.20. The molecular formula is C19H13ClN2O2S. The number of aromatic amines is 1. The van der Waals surface area contributed by atoms with Gasteiger partial charge in [0.2, 0.25) is 5.88 Å². The van der Waals surface area contributed by atoms with Gasteiger partial charge in [0, 0.05) is 16.5 Å². The van der Waals surface area contributed by atoms with Crippen LogP contribution < -0.4 is 15.3 Å². The van der Waals surface area contributed by atoms with Crippen molar-refractivity contribution in [1.82, 2.24) is 4.98 Å². The lowest BCUT2D eigenvalue weighted by atomic mass is 10.00. The standard InChI is InChI=1S/C19H13ClN2O2S/c20-12-6-4-11(5-7-12)10-15(17-18(23)22-19(24)25-17)13-2-1-3-16-14(13)8-9-21-16/h1-9,23H,10H2,(H,22,24). The van der Waals surface area contributed by atoms with Crippen LogP contribution in [0.25, 0.3) is 11.6 Å². The van der Waals surface area contributed by atoms with E-state index in [0.29, 0.717) is 16.3 Å². The second-order valence-electron chi connectivity index (χ2n) is 5.66. The van der Waals surface area contributed by atoms with Gasteiger partial charge in [0.25, 0.3) is 0 Å². The molecule has 2 heterocycles. The Balaban J connectivity index is 1.99. The van der Waals surface area contributed by atoms with Gasteiger partial charge in [0.15, 0.2) is 0 Å². The second-order valence-corrected chi connectivity index (χ2v) is 7.08. The van der Waals surface area contributed by atoms with Gasteiger partial charge in [-0.05, 0) is 47.1 Å². The highest BCUT2D eigenvalue weighted by atomic mass is 35.5. The first kappa shape index (κ1) is 15.9. The Morgan fingerprint density at radius 1 is 1.20 bits per heavy atom. The van der Waals surface area contributed by atoms with E-state index < -0.39 is 0 Å². The average molecular weight is 369 g/mol. The molecule has 0 unspecified atom stereocenters. The summed E-state index contributed by atoms with van der Waals surface area (Å²) in [5.41, 5.74) is 2.80. The van der Waals surface area contributed by atoms with Gasteiger partial charge in [-0.3, -0.25) is 14.8 Å². The number of hydrogen-bond donors (Lipinski definition) is 2. The third-order valence-corrected chi connectivity index (χ3v) is 5.24. The molecule has 1 aliphatic rings. The fraction of sp³-hybridized carbons (Fsp3) is 0.0526. The Labute approximate surface area is 152 Å². The quantitative estimate of drug-likeness (QED) is 0.746. The van der Waals surface area contributed by atoms with Gasteiger partial charge >= 0.3 is 4.87 Å². The number of aromatic nitrogens is 1. The van der Waals surface area contributed by atoms with Crippen LogP contribution in [-0.4, -0.2) is 16.3 Å². The first-order chi connectivity index (χ1) is 12.1. The van der Waals surface area contributed by atoms with Crippen LogP contribution in [0.5, 0.6) is 5.88 Å². The lowest BCUT2D eigenvalue weighted by Gasteiger charge is -2.08. The maximum Gasteiger partial charge on any atom is 0.307 e. The summed E-state index contributed by atoms with van der Waals surface area (Å²) >= 11 is 6.98. The number of benzene rings is 2. The van der Waals surface area contributed by atoms with Crippen LogP contribution in [0.3, 0.4) is 0 Å². The molecule has 3 aromatic rings. The number of aromatic hydroxyl groups is 1. The summed E-state index contributed by atoms with van der Waals surface area (Å²) in [4.78, 5) is 18.8. The van der Waals surface area contributed by atoms with Crippen molar-refractivity contribution in [3.63, 3.8) is 0 Å². The van der Waals surface area contributed by atoms with Gasteiger partial charge in [0.05, 0.1) is 10.6 Å². The van der Waals surface area contributed by atoms with Crippen molar-refractivity contribution >= 4 is 46.5 Å². The first-order valence-corrected chi connectivity index (χ1v) is 8.85. The van der Waals surface area contributed by atoms with Crippen LogP contribution in [0.2, 0.25) is 5.02 Å². The highest BCUT2D eigenvalue weighted by molar-refractivity contribution is 7.10. The van der Waals surface area contributed by atoms with Crippen LogP contribution in [0.4, 0.5) is 5.69 Å². The number of nitrogens with one attached hydrogen (secondary N) is 1. The zero-order valence-electron chi connectivity index (χ0n) is 13.0. The molecule has 4 rings (SSSR count). The van der Waals surface area contributed by atoms with Gasteiger partial charge in [-0.1, -0.05) is 47.2 Å². The fourth-order valence-electron chi connectivity index (χ4n) is 2.92. The van der Waals surface area contributed by atoms with Crippen LogP contribution in [0, 0.1) is 0 Å². The van der Waals surface area contributed by atoms with Gasteiger partial charge in [0.1, 0.15) is 0 Å². The molecule has 1 aliphatic heterocycles. The Bertz CT molecular complexity index is 1160. The SMILES string of the molecule is O=c1[nH]c(O)c(C(Cc2ccc(Cl)cc2)=c2cccc3c2=CC=N3)s1. The van der Waals surface area contributed by atoms with Gasteiger partial charge in [-0.2, -0.15) is 0 Å². The van der Waals surface area contributed by atoms with Crippen molar-refractivity contribution in [2.24, 2.45) is 4.99 Å². The van der Waals surface area contributed by atoms with E-state index in [0.717, 1.165) is 38.6 Å². The van der Waals surface area contributed by atoms with Gasteiger partial charge < -0.3 is 5.11 Å². The van der Waals surface area contributed by atoms with Crippen molar-refractivity contribution in [1.29, 1.82) is 0 Å². The van der Waals surface area contributed by atoms with Crippen molar-refractivity contribution in [2.75, 3.05) is 0 Å². The van der Waals surface area contributed by atoms with Crippen LogP contribution in [0.1, 0.15) is 10.4 Å². The minimum absolute atomic E-state index is 0.101. The molecule has 4 nitrogen and oxygen atoms in total. The molecule has 0 bridgehead atoms. The summed E-state index contributed by atoms with van der Waals surface area (Å²) in [7, 11) is 0. The largest absolute Gasteiger partial charge is 0.493 e. The van der Waals surface area contributed by atoms with Crippen LogP contribution >= 0.6 is 22.9 Å². The van der Waals surface area contributed by atoms with E-state index in [2.05, 4.69) is 9.98 Å². The summed E-state index contributed by atoms with van der Waals surface area (Å²) in [6, 6.07) is 13.4. The lowest BCUT2D eigenvalue weighted by molar-refractivity contribution is 0.454. The van der Waals surface area contributed by atoms with Crippen molar-refractivity contribution < 1.29 is 5.11 Å². The number of nitrogens with zero attached hydrogens (tertiary/aromatic N) is 1. The molecule has 0 fully saturated rings. The van der Waals surface area contributed by atoms with E-state index in [-0.39, 0.29) is 10.8 Å². The zero-order chi connectivity index (χ0) is 17.4. The van der Waals surface area contributed by atoms with E-state index in [1.807, 2.05) is 48.5 Å². The molecule has 124 valence electrons. The summed E-state index contributed by atoms with van der Waals surface area (Å²) in [5.74, 6) is -0.101. The first-order valence-electron chi connectivity index (χ1n) is 7.65. The van der Waals surface area contributed by atoms with Crippen LogP contribution in [-0.2, 0) is 6.42 Å². The summed E-state index contributed by atoms with van der Waals surface area (Å²) in [6.07, 6.45) is 4.26. The predicted molar refractivity (Wildman–Crippen MR) is 103 cm³/mol. The molecule has 0 aliphatic carbocycles. The number of halogens is 1. The molecule has 0 atom stereocenters. The van der Waals surface area contributed by atoms with E-state index in [1.54, 1.807) is 6.21 Å². The summed E-state index contributed by atoms with van der Waals surface area (Å²) < 4.78 is 0. The number of rotatable bonds is 3. The number of fused-ring (bicyclic) bond motifs is 1. The molecule has 6 heteroatoms. The topological polar surface area (TPSA) is 65.5 Å². The molecular weight excluding hydrogens is 356 g/mol. The molecule has 0 radical (unpaired) electrons. The second kappa shape index (κ2) is 6.35. The third kappa shape index (κ3) is 3.04. The highest BCUT2D eigenvalue weighted by Gasteiger charge is 2.15. The minimum Gasteiger partial charge on any atom is -0.493 e. The summed E-state index contributed by atoms with van der Waals surface area (Å²) in [5, 5.41) is 12.8. The lowest BCUT2D eigenvalue weighted by Crippen LogP contribution is -2.27. The Morgan fingerprint density at radius 3 is 2.72 bits per heavy atom. The van der Waals surface area contributed by atoms with Gasteiger partial charge in [-0.15, -0.1) is 0 Å². The van der Waals surface area contributed by atoms with E-state index in [1.165, 1.54) is 0 Å².